The first-order valence-corrected chi connectivity index (χ1v) is 9.25. The first-order chi connectivity index (χ1) is 11.0. The van der Waals surface area contributed by atoms with E-state index >= 15 is 0 Å². The van der Waals surface area contributed by atoms with Crippen LogP contribution in [0.3, 0.4) is 0 Å². The van der Waals surface area contributed by atoms with Crippen molar-refractivity contribution in [3.8, 4) is 0 Å². The molecule has 5 heteroatoms. The molecule has 2 aliphatic rings. The standard InChI is InChI=1S/C18H34O5/c1-6-17(7-2)20-12-14(21-17)10-13(5)16-15(11-19)22-18(8-3,9-4)23-16/h13-16,19H,6-12H2,1-5H3. The molecule has 0 bridgehead atoms. The van der Waals surface area contributed by atoms with Crippen molar-refractivity contribution in [2.45, 2.75) is 96.6 Å². The number of ether oxygens (including phenoxy) is 4. The van der Waals surface area contributed by atoms with Gasteiger partial charge in [-0.25, -0.2) is 0 Å². The molecule has 0 radical (unpaired) electrons. The fraction of sp³-hybridized carbons (Fsp3) is 1.00. The van der Waals surface area contributed by atoms with Gasteiger partial charge in [0.1, 0.15) is 6.10 Å². The predicted molar refractivity (Wildman–Crippen MR) is 88.1 cm³/mol. The molecule has 0 aliphatic carbocycles. The summed E-state index contributed by atoms with van der Waals surface area (Å²) >= 11 is 0. The highest BCUT2D eigenvalue weighted by Gasteiger charge is 2.48. The van der Waals surface area contributed by atoms with Gasteiger partial charge in [0.25, 0.3) is 0 Å². The largest absolute Gasteiger partial charge is 0.394 e. The fourth-order valence-corrected chi connectivity index (χ4v) is 3.80. The van der Waals surface area contributed by atoms with Crippen LogP contribution >= 0.6 is 0 Å². The zero-order chi connectivity index (χ0) is 17.1. The van der Waals surface area contributed by atoms with Crippen LogP contribution in [0.2, 0.25) is 0 Å². The number of hydrogen-bond acceptors (Lipinski definition) is 5. The maximum atomic E-state index is 9.67. The third-order valence-corrected chi connectivity index (χ3v) is 5.53. The van der Waals surface area contributed by atoms with Crippen LogP contribution in [0.5, 0.6) is 0 Å². The maximum Gasteiger partial charge on any atom is 0.168 e. The molecule has 2 fully saturated rings. The number of aliphatic hydroxyl groups excluding tert-OH is 1. The van der Waals surface area contributed by atoms with E-state index in [-0.39, 0.29) is 30.8 Å². The van der Waals surface area contributed by atoms with Crippen LogP contribution in [0.1, 0.15) is 66.7 Å². The van der Waals surface area contributed by atoms with E-state index in [4.69, 9.17) is 18.9 Å². The van der Waals surface area contributed by atoms with Gasteiger partial charge in [-0.2, -0.15) is 0 Å². The van der Waals surface area contributed by atoms with Crippen LogP contribution in [0.15, 0.2) is 0 Å². The Morgan fingerprint density at radius 2 is 1.57 bits per heavy atom. The van der Waals surface area contributed by atoms with E-state index in [0.717, 1.165) is 32.1 Å². The highest BCUT2D eigenvalue weighted by atomic mass is 16.8. The molecule has 0 aromatic rings. The monoisotopic (exact) mass is 330 g/mol. The summed E-state index contributed by atoms with van der Waals surface area (Å²) in [5.41, 5.74) is 0. The first kappa shape index (κ1) is 19.1. The van der Waals surface area contributed by atoms with Gasteiger partial charge < -0.3 is 24.1 Å². The highest BCUT2D eigenvalue weighted by Crippen LogP contribution is 2.40. The van der Waals surface area contributed by atoms with Crippen LogP contribution in [0.4, 0.5) is 0 Å². The van der Waals surface area contributed by atoms with Crippen LogP contribution in [-0.4, -0.2) is 48.2 Å². The topological polar surface area (TPSA) is 57.2 Å². The maximum absolute atomic E-state index is 9.67. The Kier molecular flexibility index (Phi) is 6.48. The zero-order valence-electron chi connectivity index (χ0n) is 15.3. The molecule has 0 aromatic heterocycles. The molecule has 4 unspecified atom stereocenters. The van der Waals surface area contributed by atoms with Crippen molar-refractivity contribution >= 4 is 0 Å². The molecule has 2 aliphatic heterocycles. The lowest BCUT2D eigenvalue weighted by molar-refractivity contribution is -0.187. The van der Waals surface area contributed by atoms with Crippen molar-refractivity contribution < 1.29 is 24.1 Å². The van der Waals surface area contributed by atoms with Crippen LogP contribution in [0, 0.1) is 5.92 Å². The molecule has 5 nitrogen and oxygen atoms in total. The van der Waals surface area contributed by atoms with E-state index in [0.29, 0.717) is 6.61 Å². The quantitative estimate of drug-likeness (QED) is 0.740. The minimum atomic E-state index is -0.546. The summed E-state index contributed by atoms with van der Waals surface area (Å²) in [4.78, 5) is 0. The molecule has 2 heterocycles. The van der Waals surface area contributed by atoms with Gasteiger partial charge >= 0.3 is 0 Å². The Balaban J connectivity index is 1.96. The lowest BCUT2D eigenvalue weighted by atomic mass is 9.94. The Labute approximate surface area is 140 Å². The molecule has 0 saturated carbocycles. The zero-order valence-corrected chi connectivity index (χ0v) is 15.3. The molecule has 2 rings (SSSR count). The van der Waals surface area contributed by atoms with Gasteiger partial charge in [-0.05, 0) is 38.0 Å². The number of rotatable bonds is 8. The molecule has 2 saturated heterocycles. The molecule has 0 aromatic carbocycles. The van der Waals surface area contributed by atoms with Crippen molar-refractivity contribution in [2.75, 3.05) is 13.2 Å². The summed E-state index contributed by atoms with van der Waals surface area (Å²) in [6, 6.07) is 0. The van der Waals surface area contributed by atoms with Crippen molar-refractivity contribution in [3.05, 3.63) is 0 Å². The summed E-state index contributed by atoms with van der Waals surface area (Å²) in [6.07, 6.45) is 3.91. The van der Waals surface area contributed by atoms with Crippen LogP contribution in [-0.2, 0) is 18.9 Å². The van der Waals surface area contributed by atoms with Gasteiger partial charge in [-0.15, -0.1) is 0 Å². The molecule has 1 N–H and O–H groups in total. The SMILES string of the molecule is CCC1(CC)OCC(CC(C)C2OC(CC)(CC)OC2CO)O1. The fourth-order valence-electron chi connectivity index (χ4n) is 3.80. The highest BCUT2D eigenvalue weighted by molar-refractivity contribution is 4.89. The second-order valence-electron chi connectivity index (χ2n) is 6.92. The lowest BCUT2D eigenvalue weighted by Crippen LogP contribution is -2.35. The minimum absolute atomic E-state index is 0.00730. The smallest absolute Gasteiger partial charge is 0.168 e. The molecule has 0 amide bonds. The van der Waals surface area contributed by atoms with E-state index in [1.165, 1.54) is 0 Å². The third-order valence-electron chi connectivity index (χ3n) is 5.53. The van der Waals surface area contributed by atoms with E-state index < -0.39 is 11.6 Å². The summed E-state index contributed by atoms with van der Waals surface area (Å²) in [6.45, 7) is 11.1. The van der Waals surface area contributed by atoms with Gasteiger partial charge in [0.15, 0.2) is 11.6 Å². The Bertz CT molecular complexity index is 364. The summed E-state index contributed by atoms with van der Waals surface area (Å²) in [5.74, 6) is -0.717. The Hall–Kier alpha value is -0.200. The molecular formula is C18H34O5. The van der Waals surface area contributed by atoms with Crippen molar-refractivity contribution in [2.24, 2.45) is 5.92 Å². The van der Waals surface area contributed by atoms with E-state index in [1.54, 1.807) is 0 Å². The van der Waals surface area contributed by atoms with Gasteiger partial charge in [0.05, 0.1) is 25.4 Å². The first-order valence-electron chi connectivity index (χ1n) is 9.25. The Morgan fingerprint density at radius 3 is 2.04 bits per heavy atom. The number of hydrogen-bond donors (Lipinski definition) is 1. The average Bonchev–Trinajstić information content (AvgIpc) is 3.17. The molecular weight excluding hydrogens is 296 g/mol. The average molecular weight is 330 g/mol. The summed E-state index contributed by atoms with van der Waals surface area (Å²) < 4.78 is 24.4. The molecule has 0 spiro atoms. The van der Waals surface area contributed by atoms with Gasteiger partial charge in [-0.1, -0.05) is 34.6 Å². The van der Waals surface area contributed by atoms with E-state index in [1.807, 2.05) is 0 Å². The lowest BCUT2D eigenvalue weighted by Gasteiger charge is -2.28. The normalized spacial score (nSPS) is 33.9. The van der Waals surface area contributed by atoms with E-state index in [9.17, 15) is 5.11 Å². The van der Waals surface area contributed by atoms with Crippen LogP contribution in [0.25, 0.3) is 0 Å². The minimum Gasteiger partial charge on any atom is -0.394 e. The molecule has 136 valence electrons. The molecule has 23 heavy (non-hydrogen) atoms. The summed E-state index contributed by atoms with van der Waals surface area (Å²) in [5, 5.41) is 9.67. The third kappa shape index (κ3) is 3.90. The number of aliphatic hydroxyl groups is 1. The van der Waals surface area contributed by atoms with E-state index in [2.05, 4.69) is 34.6 Å². The van der Waals surface area contributed by atoms with Crippen molar-refractivity contribution in [1.29, 1.82) is 0 Å². The van der Waals surface area contributed by atoms with Gasteiger partial charge in [0, 0.05) is 0 Å². The second-order valence-corrected chi connectivity index (χ2v) is 6.92. The Morgan fingerprint density at radius 1 is 0.957 bits per heavy atom. The second kappa shape index (κ2) is 7.79. The molecule has 4 atom stereocenters. The van der Waals surface area contributed by atoms with Crippen molar-refractivity contribution in [3.63, 3.8) is 0 Å². The van der Waals surface area contributed by atoms with Gasteiger partial charge in [-0.3, -0.25) is 0 Å². The van der Waals surface area contributed by atoms with Crippen molar-refractivity contribution in [1.82, 2.24) is 0 Å². The predicted octanol–water partition coefficient (Wildman–Crippen LogP) is 3.24. The van der Waals surface area contributed by atoms with Gasteiger partial charge in [0.2, 0.25) is 0 Å². The summed E-state index contributed by atoms with van der Waals surface area (Å²) in [7, 11) is 0. The van der Waals surface area contributed by atoms with Crippen LogP contribution < -0.4 is 0 Å².